The first-order valence-electron chi connectivity index (χ1n) is 5.67. The van der Waals surface area contributed by atoms with Crippen LogP contribution in [0.25, 0.3) is 11.0 Å². The Hall–Kier alpha value is -1.68. The lowest BCUT2D eigenvalue weighted by Crippen LogP contribution is -2.52. The summed E-state index contributed by atoms with van der Waals surface area (Å²) in [6.45, 7) is 4.53. The van der Waals surface area contributed by atoms with Gasteiger partial charge >= 0.3 is 0 Å². The van der Waals surface area contributed by atoms with Crippen LogP contribution < -0.4 is 0 Å². The Morgan fingerprint density at radius 2 is 2.24 bits per heavy atom. The minimum Gasteiger partial charge on any atom is -0.378 e. The Balaban J connectivity index is 2.14. The summed E-state index contributed by atoms with van der Waals surface area (Å²) in [7, 11) is 0. The van der Waals surface area contributed by atoms with E-state index in [2.05, 4.69) is 9.97 Å². The summed E-state index contributed by atoms with van der Waals surface area (Å²) in [5.74, 6) is 1.05. The summed E-state index contributed by atoms with van der Waals surface area (Å²) >= 11 is 0. The zero-order chi connectivity index (χ0) is 12.0. The van der Waals surface area contributed by atoms with Crippen molar-refractivity contribution in [3.63, 3.8) is 0 Å². The van der Waals surface area contributed by atoms with Crippen LogP contribution in [0.2, 0.25) is 0 Å². The van der Waals surface area contributed by atoms with E-state index in [0.29, 0.717) is 13.2 Å². The van der Waals surface area contributed by atoms with E-state index in [9.17, 15) is 4.79 Å². The van der Waals surface area contributed by atoms with Gasteiger partial charge in [0.05, 0.1) is 24.2 Å². The number of hydrogen-bond acceptors (Lipinski definition) is 3. The molecule has 4 nitrogen and oxygen atoms in total. The number of rotatable bonds is 2. The van der Waals surface area contributed by atoms with E-state index in [1.807, 2.05) is 25.1 Å². The Morgan fingerprint density at radius 1 is 1.47 bits per heavy atom. The number of Topliss-reactive ketones (excluding diaryl/α,β-unsaturated/α-hetero) is 1. The number of nitrogens with zero attached hydrogens (tertiary/aromatic N) is 1. The van der Waals surface area contributed by atoms with Gasteiger partial charge in [-0.05, 0) is 31.5 Å². The monoisotopic (exact) mass is 230 g/mol. The van der Waals surface area contributed by atoms with Crippen LogP contribution in [0.5, 0.6) is 0 Å². The number of carbonyl (C=O) groups is 1. The van der Waals surface area contributed by atoms with Crippen molar-refractivity contribution in [1.82, 2.24) is 9.97 Å². The van der Waals surface area contributed by atoms with Gasteiger partial charge in [0.2, 0.25) is 0 Å². The van der Waals surface area contributed by atoms with E-state index < -0.39 is 5.41 Å². The average molecular weight is 230 g/mol. The van der Waals surface area contributed by atoms with E-state index in [0.717, 1.165) is 22.4 Å². The maximum Gasteiger partial charge on any atom is 0.145 e. The summed E-state index contributed by atoms with van der Waals surface area (Å²) in [6.07, 6.45) is 0. The number of aromatic nitrogens is 2. The van der Waals surface area contributed by atoms with Gasteiger partial charge in [-0.3, -0.25) is 4.79 Å². The molecule has 2 aromatic rings. The molecule has 3 rings (SSSR count). The highest BCUT2D eigenvalue weighted by Crippen LogP contribution is 2.34. The first-order chi connectivity index (χ1) is 8.12. The van der Waals surface area contributed by atoms with Gasteiger partial charge in [-0.15, -0.1) is 0 Å². The van der Waals surface area contributed by atoms with E-state index in [-0.39, 0.29) is 5.78 Å². The van der Waals surface area contributed by atoms with Gasteiger partial charge in [0.25, 0.3) is 0 Å². The number of imidazole rings is 1. The molecule has 4 heteroatoms. The van der Waals surface area contributed by atoms with Crippen molar-refractivity contribution in [1.29, 1.82) is 0 Å². The third kappa shape index (κ3) is 1.41. The van der Waals surface area contributed by atoms with Crippen LogP contribution in [0.4, 0.5) is 0 Å². The van der Waals surface area contributed by atoms with Crippen LogP contribution in [0.3, 0.4) is 0 Å². The predicted octanol–water partition coefficient (Wildman–Crippen LogP) is 1.73. The SMILES string of the molecule is CC(=O)C1(c2ccc3nc(C)[nH]c3c2)COC1. The summed E-state index contributed by atoms with van der Waals surface area (Å²) in [5.41, 5.74) is 2.50. The summed E-state index contributed by atoms with van der Waals surface area (Å²) < 4.78 is 5.22. The zero-order valence-electron chi connectivity index (χ0n) is 9.91. The molecular weight excluding hydrogens is 216 g/mol. The lowest BCUT2D eigenvalue weighted by molar-refractivity contribution is -0.140. The number of nitrogens with one attached hydrogen (secondary N) is 1. The number of ketones is 1. The molecule has 1 aliphatic rings. The highest BCUT2D eigenvalue weighted by Gasteiger charge is 2.44. The number of ether oxygens (including phenoxy) is 1. The molecule has 17 heavy (non-hydrogen) atoms. The molecular formula is C13H14N2O2. The van der Waals surface area contributed by atoms with Gasteiger partial charge in [-0.1, -0.05) is 6.07 Å². The van der Waals surface area contributed by atoms with Gasteiger partial charge in [-0.2, -0.15) is 0 Å². The number of fused-ring (bicyclic) bond motifs is 1. The lowest BCUT2D eigenvalue weighted by atomic mass is 9.75. The summed E-state index contributed by atoms with van der Waals surface area (Å²) in [4.78, 5) is 19.3. The van der Waals surface area contributed by atoms with Gasteiger partial charge in [0.15, 0.2) is 0 Å². The third-order valence-corrected chi connectivity index (χ3v) is 3.52. The number of benzene rings is 1. The van der Waals surface area contributed by atoms with Crippen LogP contribution in [-0.2, 0) is 14.9 Å². The molecule has 0 aliphatic carbocycles. The van der Waals surface area contributed by atoms with Crippen molar-refractivity contribution >= 4 is 16.8 Å². The van der Waals surface area contributed by atoms with Gasteiger partial charge in [0.1, 0.15) is 17.0 Å². The van der Waals surface area contributed by atoms with Crippen molar-refractivity contribution in [3.05, 3.63) is 29.6 Å². The predicted molar refractivity (Wildman–Crippen MR) is 64.0 cm³/mol. The number of hydrogen-bond donors (Lipinski definition) is 1. The second-order valence-electron chi connectivity index (χ2n) is 4.69. The van der Waals surface area contributed by atoms with Crippen molar-refractivity contribution in [2.75, 3.05) is 13.2 Å². The van der Waals surface area contributed by atoms with Crippen molar-refractivity contribution in [2.45, 2.75) is 19.3 Å². The Bertz CT molecular complexity index is 596. The molecule has 1 saturated heterocycles. The van der Waals surface area contributed by atoms with E-state index >= 15 is 0 Å². The summed E-state index contributed by atoms with van der Waals surface area (Å²) in [5, 5.41) is 0. The number of aromatic amines is 1. The molecule has 0 radical (unpaired) electrons. The molecule has 0 bridgehead atoms. The number of aryl methyl sites for hydroxylation is 1. The Kier molecular flexibility index (Phi) is 2.10. The van der Waals surface area contributed by atoms with Crippen LogP contribution in [-0.4, -0.2) is 29.0 Å². The molecule has 0 amide bonds. The molecule has 0 spiro atoms. The van der Waals surface area contributed by atoms with Gasteiger partial charge < -0.3 is 9.72 Å². The standard InChI is InChI=1S/C13H14N2O2/c1-8(16)13(6-17-7-13)10-3-4-11-12(5-10)15-9(2)14-11/h3-5H,6-7H2,1-2H3,(H,14,15). The van der Waals surface area contributed by atoms with Crippen molar-refractivity contribution < 1.29 is 9.53 Å². The van der Waals surface area contributed by atoms with Gasteiger partial charge in [-0.25, -0.2) is 4.98 Å². The Morgan fingerprint density at radius 3 is 2.82 bits per heavy atom. The van der Waals surface area contributed by atoms with E-state index in [4.69, 9.17) is 4.74 Å². The Labute approximate surface area is 99.0 Å². The van der Waals surface area contributed by atoms with Crippen LogP contribution >= 0.6 is 0 Å². The third-order valence-electron chi connectivity index (χ3n) is 3.52. The molecule has 1 aromatic carbocycles. The normalized spacial score (nSPS) is 18.0. The molecule has 2 heterocycles. The summed E-state index contributed by atoms with van der Waals surface area (Å²) in [6, 6.07) is 5.95. The smallest absolute Gasteiger partial charge is 0.145 e. The highest BCUT2D eigenvalue weighted by molar-refractivity contribution is 5.90. The van der Waals surface area contributed by atoms with Gasteiger partial charge in [0, 0.05) is 0 Å². The molecule has 1 N–H and O–H groups in total. The first-order valence-corrected chi connectivity index (χ1v) is 5.67. The molecule has 1 aliphatic heterocycles. The second-order valence-corrected chi connectivity index (χ2v) is 4.69. The number of carbonyl (C=O) groups excluding carboxylic acids is 1. The van der Waals surface area contributed by atoms with Crippen molar-refractivity contribution in [3.8, 4) is 0 Å². The van der Waals surface area contributed by atoms with Crippen LogP contribution in [0, 0.1) is 6.92 Å². The fourth-order valence-corrected chi connectivity index (χ4v) is 2.31. The van der Waals surface area contributed by atoms with E-state index in [1.54, 1.807) is 6.92 Å². The topological polar surface area (TPSA) is 55.0 Å². The van der Waals surface area contributed by atoms with Crippen LogP contribution in [0.15, 0.2) is 18.2 Å². The lowest BCUT2D eigenvalue weighted by Gasteiger charge is -2.39. The quantitative estimate of drug-likeness (QED) is 0.854. The largest absolute Gasteiger partial charge is 0.378 e. The molecule has 1 fully saturated rings. The first kappa shape index (κ1) is 10.5. The fourth-order valence-electron chi connectivity index (χ4n) is 2.31. The minimum atomic E-state index is -0.437. The molecule has 0 saturated carbocycles. The fraction of sp³-hybridized carbons (Fsp3) is 0.385. The van der Waals surface area contributed by atoms with Crippen molar-refractivity contribution in [2.24, 2.45) is 0 Å². The maximum absolute atomic E-state index is 11.8. The second kappa shape index (κ2) is 3.40. The molecule has 1 aromatic heterocycles. The average Bonchev–Trinajstić information content (AvgIpc) is 2.54. The molecule has 88 valence electrons. The highest BCUT2D eigenvalue weighted by atomic mass is 16.5. The van der Waals surface area contributed by atoms with E-state index in [1.165, 1.54) is 0 Å². The van der Waals surface area contributed by atoms with Crippen LogP contribution in [0.1, 0.15) is 18.3 Å². The number of H-pyrrole nitrogens is 1. The minimum absolute atomic E-state index is 0.166. The zero-order valence-corrected chi connectivity index (χ0v) is 9.91. The maximum atomic E-state index is 11.8. The molecule has 0 unspecified atom stereocenters. The molecule has 0 atom stereocenters.